The van der Waals surface area contributed by atoms with Gasteiger partial charge in [0, 0.05) is 18.3 Å². The molecule has 1 fully saturated rings. The highest BCUT2D eigenvalue weighted by Crippen LogP contribution is 2.59. The second-order valence-electron chi connectivity index (χ2n) is 6.00. The zero-order valence-corrected chi connectivity index (χ0v) is 13.0. The van der Waals surface area contributed by atoms with Gasteiger partial charge in [-0.05, 0) is 37.7 Å². The molecule has 2 heterocycles. The summed E-state index contributed by atoms with van der Waals surface area (Å²) in [4.78, 5) is 6.86. The van der Waals surface area contributed by atoms with E-state index in [1.807, 2.05) is 7.05 Å². The smallest absolute Gasteiger partial charge is 0.0735 e. The predicted molar refractivity (Wildman–Crippen MR) is 85.8 cm³/mol. The van der Waals surface area contributed by atoms with Gasteiger partial charge in [0.1, 0.15) is 0 Å². The first-order valence-electron chi connectivity index (χ1n) is 7.75. The Balaban J connectivity index is 1.58. The summed E-state index contributed by atoms with van der Waals surface area (Å²) in [7, 11) is 1.92. The van der Waals surface area contributed by atoms with Crippen molar-refractivity contribution in [3.63, 3.8) is 0 Å². The molecule has 1 saturated heterocycles. The van der Waals surface area contributed by atoms with E-state index in [1.165, 1.54) is 29.0 Å². The quantitative estimate of drug-likeness (QED) is 0.559. The second kappa shape index (κ2) is 5.08. The number of hydrogen-bond acceptors (Lipinski definition) is 2. The molecule has 2 aliphatic heterocycles. The molecule has 0 aromatic heterocycles. The standard InChI is InChI=1S/C18H24N2/c1-5-12(2)16(19-4)11-8-14-6-9-15(10-7-14)18-17-13(3)20(17)18/h6-7,9-10,12-13H,5,8,11H2,1-4H3/b19-16-/t12-,13-,20?/m1/s1. The van der Waals surface area contributed by atoms with Crippen LogP contribution in [0.4, 0.5) is 0 Å². The van der Waals surface area contributed by atoms with Gasteiger partial charge in [0.15, 0.2) is 0 Å². The number of benzene rings is 1. The number of hydrogen-bond donors (Lipinski definition) is 0. The van der Waals surface area contributed by atoms with Crippen LogP contribution in [0.15, 0.2) is 35.0 Å². The molecule has 0 saturated carbocycles. The first-order valence-corrected chi connectivity index (χ1v) is 7.75. The Labute approximate surface area is 122 Å². The third-order valence-corrected chi connectivity index (χ3v) is 4.77. The molecule has 0 N–H and O–H groups in total. The Morgan fingerprint density at radius 2 is 1.95 bits per heavy atom. The molecule has 2 aliphatic rings. The molecule has 20 heavy (non-hydrogen) atoms. The Kier molecular flexibility index (Phi) is 3.41. The van der Waals surface area contributed by atoms with Crippen molar-refractivity contribution in [3.8, 4) is 0 Å². The molecule has 0 bridgehead atoms. The topological polar surface area (TPSA) is 15.4 Å². The number of rotatable bonds is 6. The molecule has 2 nitrogen and oxygen atoms in total. The third kappa shape index (κ3) is 2.28. The summed E-state index contributed by atoms with van der Waals surface area (Å²) in [6.07, 6.45) is 3.36. The summed E-state index contributed by atoms with van der Waals surface area (Å²) >= 11 is 0. The minimum absolute atomic E-state index is 0.610. The molecule has 3 rings (SSSR count). The van der Waals surface area contributed by atoms with Crippen LogP contribution in [-0.2, 0) is 6.42 Å². The SMILES string of the molecule is CC[C@@H](C)/C(CCc1ccc(C2=C3[C@@H](C)N23)cc1)=N\C. The Hall–Kier alpha value is -1.57. The van der Waals surface area contributed by atoms with Crippen LogP contribution in [0.3, 0.4) is 0 Å². The lowest BCUT2D eigenvalue weighted by Gasteiger charge is -2.12. The fraction of sp³-hybridized carbons (Fsp3) is 0.500. The molecule has 2 heteroatoms. The van der Waals surface area contributed by atoms with Gasteiger partial charge >= 0.3 is 0 Å². The van der Waals surface area contributed by atoms with Gasteiger partial charge in [-0.1, -0.05) is 38.1 Å². The number of nitrogens with zero attached hydrogens (tertiary/aromatic N) is 2. The second-order valence-corrected chi connectivity index (χ2v) is 6.00. The molecule has 1 aromatic rings. The maximum absolute atomic E-state index is 4.46. The molecule has 0 radical (unpaired) electrons. The van der Waals surface area contributed by atoms with Crippen LogP contribution in [-0.4, -0.2) is 23.7 Å². The minimum atomic E-state index is 0.610. The number of fused-ring (bicyclic) bond motifs is 1. The van der Waals surface area contributed by atoms with Crippen LogP contribution in [0.25, 0.3) is 5.70 Å². The van der Waals surface area contributed by atoms with Gasteiger partial charge in [-0.3, -0.25) is 4.99 Å². The monoisotopic (exact) mass is 268 g/mol. The van der Waals surface area contributed by atoms with Gasteiger partial charge in [-0.2, -0.15) is 0 Å². The van der Waals surface area contributed by atoms with Gasteiger partial charge < -0.3 is 4.90 Å². The van der Waals surface area contributed by atoms with Crippen molar-refractivity contribution >= 4 is 11.4 Å². The van der Waals surface area contributed by atoms with Crippen molar-refractivity contribution in [2.45, 2.75) is 46.1 Å². The van der Waals surface area contributed by atoms with Gasteiger partial charge in [0.05, 0.1) is 17.4 Å². The van der Waals surface area contributed by atoms with E-state index in [9.17, 15) is 0 Å². The van der Waals surface area contributed by atoms with Crippen LogP contribution in [0.2, 0.25) is 0 Å². The average Bonchev–Trinajstić information content (AvgIpc) is 3.37. The molecule has 2 atom stereocenters. The number of aryl methyl sites for hydroxylation is 1. The van der Waals surface area contributed by atoms with Crippen LogP contribution >= 0.6 is 0 Å². The lowest BCUT2D eigenvalue weighted by molar-refractivity contribution is 0.717. The summed E-state index contributed by atoms with van der Waals surface area (Å²) in [5.41, 5.74) is 7.17. The summed E-state index contributed by atoms with van der Waals surface area (Å²) in [5.74, 6) is 0.610. The zero-order valence-electron chi connectivity index (χ0n) is 13.0. The highest BCUT2D eigenvalue weighted by molar-refractivity contribution is 5.89. The van der Waals surface area contributed by atoms with E-state index in [1.54, 1.807) is 5.70 Å². The van der Waals surface area contributed by atoms with Crippen LogP contribution < -0.4 is 0 Å². The molecule has 1 aromatic carbocycles. The largest absolute Gasteiger partial charge is 0.330 e. The lowest BCUT2D eigenvalue weighted by atomic mass is 9.96. The van der Waals surface area contributed by atoms with Crippen LogP contribution in [0.5, 0.6) is 0 Å². The van der Waals surface area contributed by atoms with E-state index in [-0.39, 0.29) is 0 Å². The first-order chi connectivity index (χ1) is 9.67. The maximum atomic E-state index is 4.46. The molecule has 0 amide bonds. The summed E-state index contributed by atoms with van der Waals surface area (Å²) < 4.78 is 0. The molecule has 0 unspecified atom stereocenters. The van der Waals surface area contributed by atoms with Crippen molar-refractivity contribution in [3.05, 3.63) is 41.1 Å². The molecule has 0 spiro atoms. The van der Waals surface area contributed by atoms with Gasteiger partial charge in [-0.25, -0.2) is 0 Å². The molecule has 0 aliphatic carbocycles. The van der Waals surface area contributed by atoms with E-state index in [0.717, 1.165) is 18.9 Å². The van der Waals surface area contributed by atoms with Crippen LogP contribution in [0.1, 0.15) is 44.7 Å². The van der Waals surface area contributed by atoms with E-state index in [4.69, 9.17) is 0 Å². The third-order valence-electron chi connectivity index (χ3n) is 4.77. The first kappa shape index (κ1) is 13.4. The van der Waals surface area contributed by atoms with Crippen molar-refractivity contribution in [1.29, 1.82) is 0 Å². The van der Waals surface area contributed by atoms with E-state index >= 15 is 0 Å². The maximum Gasteiger partial charge on any atom is 0.0735 e. The number of aliphatic imine (C=N–C) groups is 1. The summed E-state index contributed by atoms with van der Waals surface area (Å²) in [5, 5.41) is 0. The molecule has 106 valence electrons. The lowest BCUT2D eigenvalue weighted by Crippen LogP contribution is -2.11. The fourth-order valence-corrected chi connectivity index (χ4v) is 3.02. The normalized spacial score (nSPS) is 21.9. The van der Waals surface area contributed by atoms with E-state index < -0.39 is 0 Å². The average molecular weight is 268 g/mol. The highest BCUT2D eigenvalue weighted by Gasteiger charge is 2.56. The Morgan fingerprint density at radius 3 is 2.45 bits per heavy atom. The van der Waals surface area contributed by atoms with E-state index in [2.05, 4.69) is 54.9 Å². The summed E-state index contributed by atoms with van der Waals surface area (Å²) in [6, 6.07) is 9.81. The zero-order chi connectivity index (χ0) is 14.3. The van der Waals surface area contributed by atoms with Crippen molar-refractivity contribution in [2.24, 2.45) is 10.9 Å². The fourth-order valence-electron chi connectivity index (χ4n) is 3.02. The highest BCUT2D eigenvalue weighted by atomic mass is 15.5. The van der Waals surface area contributed by atoms with Gasteiger partial charge in [0.25, 0.3) is 0 Å². The summed E-state index contributed by atoms with van der Waals surface area (Å²) in [6.45, 7) is 6.76. The van der Waals surface area contributed by atoms with E-state index in [0.29, 0.717) is 5.92 Å². The molecular weight excluding hydrogens is 244 g/mol. The predicted octanol–water partition coefficient (Wildman–Crippen LogP) is 4.12. The van der Waals surface area contributed by atoms with Gasteiger partial charge in [-0.15, -0.1) is 0 Å². The van der Waals surface area contributed by atoms with Crippen molar-refractivity contribution in [1.82, 2.24) is 4.90 Å². The van der Waals surface area contributed by atoms with Crippen LogP contribution in [0, 0.1) is 5.92 Å². The van der Waals surface area contributed by atoms with Gasteiger partial charge in [0.2, 0.25) is 0 Å². The Morgan fingerprint density at radius 1 is 1.30 bits per heavy atom. The molecular formula is C18H24N2. The van der Waals surface area contributed by atoms with Crippen molar-refractivity contribution in [2.75, 3.05) is 7.05 Å². The minimum Gasteiger partial charge on any atom is -0.330 e. The Bertz CT molecular complexity index is 566. The van der Waals surface area contributed by atoms with Crippen molar-refractivity contribution < 1.29 is 0 Å².